The standard InChI is InChI=1S/C17H26N2O2/c1-3-12-21-16-6-4-15(5-7-16)17(20)13-14(2)19-10-8-18-9-11-19/h4-7,14,18H,3,8-13H2,1-2H3. The largest absolute Gasteiger partial charge is 0.494 e. The van der Waals surface area contributed by atoms with Crippen molar-refractivity contribution in [1.29, 1.82) is 0 Å². The van der Waals surface area contributed by atoms with Crippen LogP contribution in [0.3, 0.4) is 0 Å². The van der Waals surface area contributed by atoms with Gasteiger partial charge < -0.3 is 10.1 Å². The molecular weight excluding hydrogens is 264 g/mol. The van der Waals surface area contributed by atoms with E-state index in [4.69, 9.17) is 4.74 Å². The molecule has 4 nitrogen and oxygen atoms in total. The summed E-state index contributed by atoms with van der Waals surface area (Å²) >= 11 is 0. The topological polar surface area (TPSA) is 41.6 Å². The summed E-state index contributed by atoms with van der Waals surface area (Å²) in [6.45, 7) is 9.02. The van der Waals surface area contributed by atoms with E-state index in [1.165, 1.54) is 0 Å². The Kier molecular flexibility index (Phi) is 6.21. The highest BCUT2D eigenvalue weighted by Gasteiger charge is 2.19. The summed E-state index contributed by atoms with van der Waals surface area (Å²) in [6, 6.07) is 7.82. The molecule has 21 heavy (non-hydrogen) atoms. The van der Waals surface area contributed by atoms with Gasteiger partial charge in [0.25, 0.3) is 0 Å². The van der Waals surface area contributed by atoms with Crippen LogP contribution in [-0.4, -0.2) is 49.5 Å². The Morgan fingerprint density at radius 1 is 1.29 bits per heavy atom. The fourth-order valence-electron chi connectivity index (χ4n) is 2.60. The van der Waals surface area contributed by atoms with Crippen LogP contribution < -0.4 is 10.1 Å². The highest BCUT2D eigenvalue weighted by atomic mass is 16.5. The van der Waals surface area contributed by atoms with Crippen molar-refractivity contribution < 1.29 is 9.53 Å². The number of piperazine rings is 1. The van der Waals surface area contributed by atoms with Gasteiger partial charge in [-0.1, -0.05) is 6.92 Å². The quantitative estimate of drug-likeness (QED) is 0.783. The number of carbonyl (C=O) groups is 1. The number of nitrogens with zero attached hydrogens (tertiary/aromatic N) is 1. The lowest BCUT2D eigenvalue weighted by atomic mass is 10.0. The molecule has 1 aliphatic rings. The molecule has 1 heterocycles. The molecule has 2 rings (SSSR count). The van der Waals surface area contributed by atoms with Crippen molar-refractivity contribution in [3.63, 3.8) is 0 Å². The van der Waals surface area contributed by atoms with Crippen molar-refractivity contribution >= 4 is 5.78 Å². The lowest BCUT2D eigenvalue weighted by Crippen LogP contribution is -2.48. The van der Waals surface area contributed by atoms with Crippen molar-refractivity contribution in [2.75, 3.05) is 32.8 Å². The summed E-state index contributed by atoms with van der Waals surface area (Å²) in [6.07, 6.45) is 1.57. The van der Waals surface area contributed by atoms with Gasteiger partial charge in [-0.3, -0.25) is 9.69 Å². The molecular formula is C17H26N2O2. The molecule has 1 N–H and O–H groups in total. The minimum Gasteiger partial charge on any atom is -0.494 e. The van der Waals surface area contributed by atoms with Crippen LogP contribution in [0.5, 0.6) is 5.75 Å². The van der Waals surface area contributed by atoms with Crippen molar-refractivity contribution in [3.8, 4) is 5.75 Å². The first-order valence-corrected chi connectivity index (χ1v) is 7.91. The van der Waals surface area contributed by atoms with Gasteiger partial charge in [-0.25, -0.2) is 0 Å². The van der Waals surface area contributed by atoms with Gasteiger partial charge in [0.2, 0.25) is 0 Å². The third-order valence-electron chi connectivity index (χ3n) is 3.90. The van der Waals surface area contributed by atoms with Crippen LogP contribution >= 0.6 is 0 Å². The fraction of sp³-hybridized carbons (Fsp3) is 0.588. The Morgan fingerprint density at radius 2 is 1.95 bits per heavy atom. The van der Waals surface area contributed by atoms with Crippen molar-refractivity contribution in [2.45, 2.75) is 32.7 Å². The zero-order chi connectivity index (χ0) is 15.1. The predicted octanol–water partition coefficient (Wildman–Crippen LogP) is 2.34. The molecule has 0 aliphatic carbocycles. The van der Waals surface area contributed by atoms with E-state index in [0.29, 0.717) is 19.1 Å². The Balaban J connectivity index is 1.87. The third kappa shape index (κ3) is 4.83. The van der Waals surface area contributed by atoms with Gasteiger partial charge in [-0.2, -0.15) is 0 Å². The molecule has 0 bridgehead atoms. The van der Waals surface area contributed by atoms with E-state index in [-0.39, 0.29) is 5.78 Å². The zero-order valence-electron chi connectivity index (χ0n) is 13.1. The van der Waals surface area contributed by atoms with E-state index in [1.807, 2.05) is 24.3 Å². The summed E-state index contributed by atoms with van der Waals surface area (Å²) in [5, 5.41) is 3.34. The number of benzene rings is 1. The molecule has 0 saturated carbocycles. The molecule has 1 unspecified atom stereocenters. The zero-order valence-corrected chi connectivity index (χ0v) is 13.1. The van der Waals surface area contributed by atoms with Gasteiger partial charge in [0.15, 0.2) is 5.78 Å². The SMILES string of the molecule is CCCOc1ccc(C(=O)CC(C)N2CCNCC2)cc1. The maximum atomic E-state index is 12.3. The Morgan fingerprint density at radius 3 is 2.57 bits per heavy atom. The second-order valence-corrected chi connectivity index (χ2v) is 5.64. The fourth-order valence-corrected chi connectivity index (χ4v) is 2.60. The molecule has 0 spiro atoms. The lowest BCUT2D eigenvalue weighted by Gasteiger charge is -2.32. The molecule has 0 amide bonds. The van der Waals surface area contributed by atoms with Gasteiger partial charge in [-0.05, 0) is 37.6 Å². The third-order valence-corrected chi connectivity index (χ3v) is 3.90. The van der Waals surface area contributed by atoms with Gasteiger partial charge in [0.1, 0.15) is 5.75 Å². The molecule has 0 aromatic heterocycles. The number of hydrogen-bond acceptors (Lipinski definition) is 4. The summed E-state index contributed by atoms with van der Waals surface area (Å²) in [4.78, 5) is 14.7. The first-order chi connectivity index (χ1) is 10.2. The molecule has 1 fully saturated rings. The molecule has 1 aromatic rings. The van der Waals surface area contributed by atoms with Crippen LogP contribution in [0.2, 0.25) is 0 Å². The number of nitrogens with one attached hydrogen (secondary N) is 1. The lowest BCUT2D eigenvalue weighted by molar-refractivity contribution is 0.0918. The first kappa shape index (κ1) is 16.0. The van der Waals surface area contributed by atoms with Gasteiger partial charge >= 0.3 is 0 Å². The summed E-state index contributed by atoms with van der Waals surface area (Å²) in [5.41, 5.74) is 0.779. The second kappa shape index (κ2) is 8.15. The molecule has 116 valence electrons. The number of ketones is 1. The van der Waals surface area contributed by atoms with Gasteiger partial charge in [-0.15, -0.1) is 0 Å². The monoisotopic (exact) mass is 290 g/mol. The number of Topliss-reactive ketones (excluding diaryl/α,β-unsaturated/α-hetero) is 1. The maximum absolute atomic E-state index is 12.3. The van der Waals surface area contributed by atoms with Crippen molar-refractivity contribution in [1.82, 2.24) is 10.2 Å². The van der Waals surface area contributed by atoms with E-state index >= 15 is 0 Å². The molecule has 0 radical (unpaired) electrons. The summed E-state index contributed by atoms with van der Waals surface area (Å²) < 4.78 is 5.54. The number of hydrogen-bond donors (Lipinski definition) is 1. The molecule has 4 heteroatoms. The van der Waals surface area contributed by atoms with Gasteiger partial charge in [0.05, 0.1) is 6.61 Å². The number of carbonyl (C=O) groups excluding carboxylic acids is 1. The van der Waals surface area contributed by atoms with E-state index in [1.54, 1.807) is 0 Å². The Hall–Kier alpha value is -1.39. The van der Waals surface area contributed by atoms with E-state index in [9.17, 15) is 4.79 Å². The van der Waals surface area contributed by atoms with Crippen LogP contribution in [0.25, 0.3) is 0 Å². The van der Waals surface area contributed by atoms with Crippen LogP contribution in [0, 0.1) is 0 Å². The average Bonchev–Trinajstić information content (AvgIpc) is 2.54. The predicted molar refractivity (Wildman–Crippen MR) is 85.1 cm³/mol. The summed E-state index contributed by atoms with van der Waals surface area (Å²) in [7, 11) is 0. The first-order valence-electron chi connectivity index (χ1n) is 7.91. The highest BCUT2D eigenvalue weighted by molar-refractivity contribution is 5.96. The minimum absolute atomic E-state index is 0.211. The minimum atomic E-state index is 0.211. The highest BCUT2D eigenvalue weighted by Crippen LogP contribution is 2.16. The average molecular weight is 290 g/mol. The van der Waals surface area contributed by atoms with Gasteiger partial charge in [0, 0.05) is 44.2 Å². The number of ether oxygens (including phenoxy) is 1. The van der Waals surface area contributed by atoms with Crippen LogP contribution in [0.4, 0.5) is 0 Å². The Bertz CT molecular complexity index is 439. The van der Waals surface area contributed by atoms with Crippen LogP contribution in [0.15, 0.2) is 24.3 Å². The molecule has 1 atom stereocenters. The summed E-state index contributed by atoms with van der Waals surface area (Å²) in [5.74, 6) is 1.05. The van der Waals surface area contributed by atoms with E-state index in [2.05, 4.69) is 24.1 Å². The van der Waals surface area contributed by atoms with Crippen LogP contribution in [-0.2, 0) is 0 Å². The Labute approximate surface area is 127 Å². The van der Waals surface area contributed by atoms with Crippen molar-refractivity contribution in [2.24, 2.45) is 0 Å². The van der Waals surface area contributed by atoms with E-state index < -0.39 is 0 Å². The maximum Gasteiger partial charge on any atom is 0.164 e. The molecule has 1 aliphatic heterocycles. The number of rotatable bonds is 7. The normalized spacial score (nSPS) is 17.4. The second-order valence-electron chi connectivity index (χ2n) is 5.64. The van der Waals surface area contributed by atoms with E-state index in [0.717, 1.165) is 43.9 Å². The van der Waals surface area contributed by atoms with Crippen molar-refractivity contribution in [3.05, 3.63) is 29.8 Å². The molecule has 1 saturated heterocycles. The molecule has 1 aromatic carbocycles. The smallest absolute Gasteiger partial charge is 0.164 e. The van der Waals surface area contributed by atoms with Crippen LogP contribution in [0.1, 0.15) is 37.0 Å².